The summed E-state index contributed by atoms with van der Waals surface area (Å²) in [6.45, 7) is 0. The molecule has 0 saturated heterocycles. The highest BCUT2D eigenvalue weighted by Crippen LogP contribution is 2.35. The van der Waals surface area contributed by atoms with Crippen molar-refractivity contribution in [2.45, 2.75) is 0 Å². The minimum atomic E-state index is -0.298. The topological polar surface area (TPSA) is 54.5 Å². The Balaban J connectivity index is 1.96. The Morgan fingerprint density at radius 3 is 2.35 bits per heavy atom. The number of rotatable bonds is 2. The van der Waals surface area contributed by atoms with E-state index in [1.807, 2.05) is 30.3 Å². The lowest BCUT2D eigenvalue weighted by atomic mass is 10.1. The Labute approximate surface area is 136 Å². The fraction of sp³-hybridized carbons (Fsp3) is 0. The number of nitrogens with one attached hydrogen (secondary N) is 1. The van der Waals surface area contributed by atoms with Crippen LogP contribution in [0.3, 0.4) is 0 Å². The zero-order valence-corrected chi connectivity index (χ0v) is 12.5. The van der Waals surface area contributed by atoms with Gasteiger partial charge < -0.3 is 0 Å². The van der Waals surface area contributed by atoms with E-state index in [0.29, 0.717) is 27.4 Å². The molecule has 2 heterocycles. The molecule has 6 heteroatoms. The minimum absolute atomic E-state index is 0.298. The molecule has 0 unspecified atom stereocenters. The molecule has 0 bridgehead atoms. The molecule has 0 atom stereocenters. The first-order chi connectivity index (χ1) is 11.2. The summed E-state index contributed by atoms with van der Waals surface area (Å²) < 4.78 is 13.1. The lowest BCUT2D eigenvalue weighted by Gasteiger charge is -2.05. The molecule has 0 aliphatic carbocycles. The van der Waals surface area contributed by atoms with Gasteiger partial charge in [-0.05, 0) is 24.3 Å². The van der Waals surface area contributed by atoms with Gasteiger partial charge in [-0.15, -0.1) is 10.2 Å². The summed E-state index contributed by atoms with van der Waals surface area (Å²) in [5, 5.41) is 16.5. The predicted octanol–water partition coefficient (Wildman–Crippen LogP) is 4.48. The van der Waals surface area contributed by atoms with Crippen LogP contribution < -0.4 is 0 Å². The van der Waals surface area contributed by atoms with Crippen molar-refractivity contribution in [1.29, 1.82) is 0 Å². The van der Waals surface area contributed by atoms with E-state index < -0.39 is 0 Å². The Bertz CT molecular complexity index is 981. The van der Waals surface area contributed by atoms with Crippen molar-refractivity contribution >= 4 is 22.6 Å². The molecule has 0 aliphatic rings. The van der Waals surface area contributed by atoms with Gasteiger partial charge in [-0.1, -0.05) is 41.9 Å². The minimum Gasteiger partial charge on any atom is -0.275 e. The average molecular weight is 325 g/mol. The second kappa shape index (κ2) is 5.44. The number of fused-ring (bicyclic) bond motifs is 1. The van der Waals surface area contributed by atoms with Gasteiger partial charge in [-0.3, -0.25) is 5.10 Å². The van der Waals surface area contributed by atoms with Crippen molar-refractivity contribution in [3.8, 4) is 22.5 Å². The number of nitrogens with zero attached hydrogens (tertiary/aromatic N) is 3. The number of halogens is 2. The van der Waals surface area contributed by atoms with Gasteiger partial charge in [-0.2, -0.15) is 5.10 Å². The van der Waals surface area contributed by atoms with Crippen LogP contribution in [0.4, 0.5) is 4.39 Å². The van der Waals surface area contributed by atoms with Gasteiger partial charge in [0, 0.05) is 11.1 Å². The standard InChI is InChI=1S/C17H10ClFN4/c18-14-13-15(11-6-8-12(19)9-7-11)20-22-17(13)23-21-16(14)10-4-2-1-3-5-10/h1-9H,(H,20,22,23). The quantitative estimate of drug-likeness (QED) is 0.591. The number of aromatic amines is 1. The van der Waals surface area contributed by atoms with Crippen molar-refractivity contribution in [1.82, 2.24) is 20.4 Å². The summed E-state index contributed by atoms with van der Waals surface area (Å²) in [5.74, 6) is -0.298. The van der Waals surface area contributed by atoms with Crippen LogP contribution in [0.15, 0.2) is 54.6 Å². The van der Waals surface area contributed by atoms with E-state index in [-0.39, 0.29) is 5.82 Å². The number of hydrogen-bond donors (Lipinski definition) is 1. The van der Waals surface area contributed by atoms with Crippen LogP contribution >= 0.6 is 11.6 Å². The molecule has 23 heavy (non-hydrogen) atoms. The van der Waals surface area contributed by atoms with Crippen LogP contribution in [0, 0.1) is 5.82 Å². The van der Waals surface area contributed by atoms with Crippen LogP contribution in [0.5, 0.6) is 0 Å². The molecule has 0 amide bonds. The Morgan fingerprint density at radius 2 is 1.61 bits per heavy atom. The lowest BCUT2D eigenvalue weighted by molar-refractivity contribution is 0.628. The van der Waals surface area contributed by atoms with E-state index in [2.05, 4.69) is 20.4 Å². The Kier molecular flexibility index (Phi) is 3.28. The van der Waals surface area contributed by atoms with E-state index in [1.54, 1.807) is 12.1 Å². The summed E-state index contributed by atoms with van der Waals surface area (Å²) in [5.41, 5.74) is 3.36. The maximum Gasteiger partial charge on any atom is 0.204 e. The summed E-state index contributed by atoms with van der Waals surface area (Å²) in [7, 11) is 0. The average Bonchev–Trinajstić information content (AvgIpc) is 3.02. The smallest absolute Gasteiger partial charge is 0.204 e. The van der Waals surface area contributed by atoms with Gasteiger partial charge in [0.25, 0.3) is 0 Å². The number of hydrogen-bond acceptors (Lipinski definition) is 3. The first-order valence-electron chi connectivity index (χ1n) is 6.95. The largest absolute Gasteiger partial charge is 0.275 e. The third-order valence-corrected chi connectivity index (χ3v) is 3.97. The van der Waals surface area contributed by atoms with Gasteiger partial charge >= 0.3 is 0 Å². The van der Waals surface area contributed by atoms with E-state index in [4.69, 9.17) is 11.6 Å². The zero-order chi connectivity index (χ0) is 15.8. The molecular formula is C17H10ClFN4. The Hall–Kier alpha value is -2.79. The second-order valence-electron chi connectivity index (χ2n) is 5.03. The van der Waals surface area contributed by atoms with Crippen LogP contribution in [0.2, 0.25) is 5.02 Å². The van der Waals surface area contributed by atoms with Crippen molar-refractivity contribution in [3.05, 3.63) is 65.4 Å². The molecule has 2 aromatic heterocycles. The molecule has 0 radical (unpaired) electrons. The van der Waals surface area contributed by atoms with Crippen LogP contribution in [0.1, 0.15) is 0 Å². The molecule has 4 aromatic rings. The summed E-state index contributed by atoms with van der Waals surface area (Å²) >= 11 is 6.57. The van der Waals surface area contributed by atoms with Gasteiger partial charge in [0.05, 0.1) is 16.1 Å². The molecule has 0 saturated carbocycles. The van der Waals surface area contributed by atoms with E-state index >= 15 is 0 Å². The molecule has 4 rings (SSSR count). The second-order valence-corrected chi connectivity index (χ2v) is 5.41. The molecule has 0 fully saturated rings. The molecule has 2 aromatic carbocycles. The SMILES string of the molecule is Fc1ccc(-c2[nH]nc3nnc(-c4ccccc4)c(Cl)c23)cc1. The first-order valence-corrected chi connectivity index (χ1v) is 7.33. The number of aromatic nitrogens is 4. The van der Waals surface area contributed by atoms with Crippen molar-refractivity contribution in [2.75, 3.05) is 0 Å². The third kappa shape index (κ3) is 2.35. The lowest BCUT2D eigenvalue weighted by Crippen LogP contribution is -1.91. The van der Waals surface area contributed by atoms with Gasteiger partial charge in [0.2, 0.25) is 5.65 Å². The van der Waals surface area contributed by atoms with Gasteiger partial charge in [0.1, 0.15) is 11.5 Å². The van der Waals surface area contributed by atoms with Crippen LogP contribution in [-0.2, 0) is 0 Å². The van der Waals surface area contributed by atoms with Crippen LogP contribution in [0.25, 0.3) is 33.5 Å². The van der Waals surface area contributed by atoms with Crippen molar-refractivity contribution in [2.24, 2.45) is 0 Å². The molecule has 0 aliphatic heterocycles. The maximum absolute atomic E-state index is 13.1. The van der Waals surface area contributed by atoms with E-state index in [9.17, 15) is 4.39 Å². The molecule has 4 nitrogen and oxygen atoms in total. The Morgan fingerprint density at radius 1 is 0.870 bits per heavy atom. The highest BCUT2D eigenvalue weighted by atomic mass is 35.5. The number of H-pyrrole nitrogens is 1. The monoisotopic (exact) mass is 324 g/mol. The summed E-state index contributed by atoms with van der Waals surface area (Å²) in [6.07, 6.45) is 0. The van der Waals surface area contributed by atoms with Crippen LogP contribution in [-0.4, -0.2) is 20.4 Å². The fourth-order valence-electron chi connectivity index (χ4n) is 2.48. The van der Waals surface area contributed by atoms with Gasteiger partial charge in [-0.25, -0.2) is 4.39 Å². The van der Waals surface area contributed by atoms with Gasteiger partial charge in [0.15, 0.2) is 0 Å². The molecular weight excluding hydrogens is 315 g/mol. The maximum atomic E-state index is 13.1. The molecule has 112 valence electrons. The fourth-order valence-corrected chi connectivity index (χ4v) is 2.80. The zero-order valence-electron chi connectivity index (χ0n) is 11.8. The number of benzene rings is 2. The summed E-state index contributed by atoms with van der Waals surface area (Å²) in [4.78, 5) is 0. The first kappa shape index (κ1) is 13.8. The van der Waals surface area contributed by atoms with E-state index in [1.165, 1.54) is 12.1 Å². The van der Waals surface area contributed by atoms with E-state index in [0.717, 1.165) is 11.1 Å². The van der Waals surface area contributed by atoms with Crippen molar-refractivity contribution < 1.29 is 4.39 Å². The third-order valence-electron chi connectivity index (χ3n) is 3.60. The summed E-state index contributed by atoms with van der Waals surface area (Å²) in [6, 6.07) is 15.7. The highest BCUT2D eigenvalue weighted by Gasteiger charge is 2.17. The predicted molar refractivity (Wildman–Crippen MR) is 87.5 cm³/mol. The van der Waals surface area contributed by atoms with Crippen molar-refractivity contribution in [3.63, 3.8) is 0 Å². The highest BCUT2D eigenvalue weighted by molar-refractivity contribution is 6.38. The normalized spacial score (nSPS) is 11.0. The molecule has 0 spiro atoms. The molecule has 1 N–H and O–H groups in total.